The highest BCUT2D eigenvalue weighted by molar-refractivity contribution is 9.12. The molecule has 0 unspecified atom stereocenters. The zero-order valence-electron chi connectivity index (χ0n) is 10.3. The zero-order valence-corrected chi connectivity index (χ0v) is 14.2. The molecule has 2 atom stereocenters. The van der Waals surface area contributed by atoms with Gasteiger partial charge in [-0.3, -0.25) is 4.79 Å². The van der Waals surface area contributed by atoms with Gasteiger partial charge in [-0.05, 0) is 29.8 Å². The van der Waals surface area contributed by atoms with E-state index in [2.05, 4.69) is 31.9 Å². The number of halogens is 3. The molecule has 0 saturated heterocycles. The summed E-state index contributed by atoms with van der Waals surface area (Å²) in [7, 11) is 0. The van der Waals surface area contributed by atoms with Crippen molar-refractivity contribution in [2.75, 3.05) is 0 Å². The zero-order chi connectivity index (χ0) is 14.7. The maximum Gasteiger partial charge on any atom is 0.181 e. The van der Waals surface area contributed by atoms with E-state index in [1.54, 1.807) is 30.3 Å². The molecule has 0 amide bonds. The molecule has 0 saturated carbocycles. The van der Waals surface area contributed by atoms with Gasteiger partial charge in [0.2, 0.25) is 0 Å². The van der Waals surface area contributed by atoms with Crippen LogP contribution < -0.4 is 0 Å². The predicted octanol–water partition coefficient (Wildman–Crippen LogP) is 5.13. The van der Waals surface area contributed by atoms with E-state index in [1.807, 2.05) is 12.1 Å². The smallest absolute Gasteiger partial charge is 0.181 e. The van der Waals surface area contributed by atoms with Crippen LogP contribution in [0.2, 0.25) is 5.02 Å². The molecule has 2 aromatic carbocycles. The van der Waals surface area contributed by atoms with Gasteiger partial charge in [0.25, 0.3) is 0 Å². The Morgan fingerprint density at radius 1 is 1.05 bits per heavy atom. The highest BCUT2D eigenvalue weighted by Gasteiger charge is 2.27. The minimum Gasteiger partial charge on any atom is -0.507 e. The SMILES string of the molecule is O=C(c1ccccc1O)[C@@H](Br)[C@@H](Br)c1ccc(Cl)cc1. The van der Waals surface area contributed by atoms with Crippen molar-refractivity contribution in [3.8, 4) is 5.75 Å². The molecule has 1 N–H and O–H groups in total. The van der Waals surface area contributed by atoms with E-state index in [0.29, 0.717) is 10.6 Å². The van der Waals surface area contributed by atoms with Crippen LogP contribution >= 0.6 is 43.5 Å². The molecule has 0 fully saturated rings. The van der Waals surface area contributed by atoms with Gasteiger partial charge in [-0.2, -0.15) is 0 Å². The number of carbonyl (C=O) groups excluding carboxylic acids is 1. The van der Waals surface area contributed by atoms with Crippen molar-refractivity contribution in [1.29, 1.82) is 0 Å². The molecule has 2 rings (SSSR count). The van der Waals surface area contributed by atoms with Crippen LogP contribution in [0.4, 0.5) is 0 Å². The molecule has 0 aliphatic carbocycles. The Bertz CT molecular complexity index is 614. The van der Waals surface area contributed by atoms with E-state index in [4.69, 9.17) is 11.6 Å². The Morgan fingerprint density at radius 2 is 1.65 bits per heavy atom. The van der Waals surface area contributed by atoms with Gasteiger partial charge < -0.3 is 5.11 Å². The second-order valence-corrected chi connectivity index (χ2v) is 6.65. The number of ketones is 1. The van der Waals surface area contributed by atoms with Crippen molar-refractivity contribution in [3.63, 3.8) is 0 Å². The van der Waals surface area contributed by atoms with Gasteiger partial charge in [0.1, 0.15) is 5.75 Å². The number of hydrogen-bond acceptors (Lipinski definition) is 2. The standard InChI is InChI=1S/C15H11Br2ClO2/c16-13(9-5-7-10(18)8-6-9)14(17)15(20)11-3-1-2-4-12(11)19/h1-8,13-14,19H/t13-,14-/m0/s1. The van der Waals surface area contributed by atoms with E-state index >= 15 is 0 Å². The average Bonchev–Trinajstić information content (AvgIpc) is 2.46. The molecule has 0 aromatic heterocycles. The second kappa shape index (κ2) is 6.74. The van der Waals surface area contributed by atoms with Crippen molar-refractivity contribution < 1.29 is 9.90 Å². The van der Waals surface area contributed by atoms with Crippen LogP contribution in [-0.2, 0) is 0 Å². The Balaban J connectivity index is 2.22. The number of carbonyl (C=O) groups is 1. The first-order chi connectivity index (χ1) is 9.50. The number of benzene rings is 2. The lowest BCUT2D eigenvalue weighted by Crippen LogP contribution is -2.19. The Labute approximate surface area is 139 Å². The van der Waals surface area contributed by atoms with Gasteiger partial charge in [-0.1, -0.05) is 67.7 Å². The fourth-order valence-electron chi connectivity index (χ4n) is 1.78. The third-order valence-electron chi connectivity index (χ3n) is 2.87. The third kappa shape index (κ3) is 3.43. The highest BCUT2D eigenvalue weighted by Crippen LogP contribution is 2.35. The summed E-state index contributed by atoms with van der Waals surface area (Å²) in [5.41, 5.74) is 1.23. The molecule has 2 nitrogen and oxygen atoms in total. The molecule has 20 heavy (non-hydrogen) atoms. The van der Waals surface area contributed by atoms with Crippen LogP contribution in [0, 0.1) is 0 Å². The summed E-state index contributed by atoms with van der Waals surface area (Å²) in [6, 6.07) is 13.8. The molecule has 5 heteroatoms. The summed E-state index contributed by atoms with van der Waals surface area (Å²) < 4.78 is 0. The summed E-state index contributed by atoms with van der Waals surface area (Å²) in [5.74, 6) is -0.197. The monoisotopic (exact) mass is 416 g/mol. The molecule has 0 aliphatic rings. The number of aromatic hydroxyl groups is 1. The number of rotatable bonds is 4. The minimum atomic E-state index is -0.489. The quantitative estimate of drug-likeness (QED) is 0.552. The van der Waals surface area contributed by atoms with Gasteiger partial charge in [0.05, 0.1) is 15.2 Å². The molecule has 2 aromatic rings. The van der Waals surface area contributed by atoms with Gasteiger partial charge in [0.15, 0.2) is 5.78 Å². The Morgan fingerprint density at radius 3 is 2.25 bits per heavy atom. The van der Waals surface area contributed by atoms with Gasteiger partial charge >= 0.3 is 0 Å². The maximum absolute atomic E-state index is 12.4. The Kier molecular flexibility index (Phi) is 5.24. The predicted molar refractivity (Wildman–Crippen MR) is 88.3 cm³/mol. The number of phenols is 1. The molecule has 0 spiro atoms. The topological polar surface area (TPSA) is 37.3 Å². The molecule has 0 radical (unpaired) electrons. The summed E-state index contributed by atoms with van der Waals surface area (Å²) in [6.45, 7) is 0. The largest absolute Gasteiger partial charge is 0.507 e. The van der Waals surface area contributed by atoms with Crippen LogP contribution in [0.3, 0.4) is 0 Å². The minimum absolute atomic E-state index is 0.0160. The summed E-state index contributed by atoms with van der Waals surface area (Å²) in [6.07, 6.45) is 0. The van der Waals surface area contributed by atoms with E-state index in [9.17, 15) is 9.90 Å². The van der Waals surface area contributed by atoms with Crippen molar-refractivity contribution in [3.05, 3.63) is 64.7 Å². The fraction of sp³-hybridized carbons (Fsp3) is 0.133. The molecular formula is C15H11Br2ClO2. The Hall–Kier alpha value is -0.840. The number of alkyl halides is 2. The second-order valence-electron chi connectivity index (χ2n) is 4.24. The van der Waals surface area contributed by atoms with Crippen LogP contribution in [0.5, 0.6) is 5.75 Å². The average molecular weight is 419 g/mol. The number of Topliss-reactive ketones (excluding diaryl/α,β-unsaturated/α-hetero) is 1. The molecular weight excluding hydrogens is 407 g/mol. The lowest BCUT2D eigenvalue weighted by Gasteiger charge is -2.17. The molecule has 0 bridgehead atoms. The number of phenolic OH excluding ortho intramolecular Hbond substituents is 1. The van der Waals surface area contributed by atoms with E-state index < -0.39 is 4.83 Å². The first-order valence-electron chi connectivity index (χ1n) is 5.86. The normalized spacial score (nSPS) is 13.8. The van der Waals surface area contributed by atoms with Crippen LogP contribution in [0.1, 0.15) is 20.7 Å². The van der Waals surface area contributed by atoms with Crippen molar-refractivity contribution in [1.82, 2.24) is 0 Å². The fourth-order valence-corrected chi connectivity index (χ4v) is 3.00. The number of para-hydroxylation sites is 1. The molecule has 0 aliphatic heterocycles. The van der Waals surface area contributed by atoms with Crippen LogP contribution in [0.15, 0.2) is 48.5 Å². The first-order valence-corrected chi connectivity index (χ1v) is 8.07. The summed E-state index contributed by atoms with van der Waals surface area (Å²) >= 11 is 12.7. The van der Waals surface area contributed by atoms with Crippen LogP contribution in [0.25, 0.3) is 0 Å². The van der Waals surface area contributed by atoms with Gasteiger partial charge in [-0.25, -0.2) is 0 Å². The van der Waals surface area contributed by atoms with Crippen LogP contribution in [-0.4, -0.2) is 15.7 Å². The first kappa shape index (κ1) is 15.5. The summed E-state index contributed by atoms with van der Waals surface area (Å²) in [5, 5.41) is 10.4. The van der Waals surface area contributed by atoms with E-state index in [-0.39, 0.29) is 16.4 Å². The highest BCUT2D eigenvalue weighted by atomic mass is 79.9. The lowest BCUT2D eigenvalue weighted by molar-refractivity contribution is 0.0988. The van der Waals surface area contributed by atoms with Crippen molar-refractivity contribution in [2.24, 2.45) is 0 Å². The van der Waals surface area contributed by atoms with Gasteiger partial charge in [-0.15, -0.1) is 0 Å². The maximum atomic E-state index is 12.4. The van der Waals surface area contributed by atoms with E-state index in [1.165, 1.54) is 6.07 Å². The van der Waals surface area contributed by atoms with Crippen molar-refractivity contribution in [2.45, 2.75) is 9.65 Å². The van der Waals surface area contributed by atoms with E-state index in [0.717, 1.165) is 5.56 Å². The number of hydrogen-bond donors (Lipinski definition) is 1. The molecule has 104 valence electrons. The summed E-state index contributed by atoms with van der Waals surface area (Å²) in [4.78, 5) is 11.7. The lowest BCUT2D eigenvalue weighted by atomic mass is 10.0. The third-order valence-corrected chi connectivity index (χ3v) is 5.83. The van der Waals surface area contributed by atoms with Gasteiger partial charge in [0, 0.05) is 5.02 Å². The molecule has 0 heterocycles. The van der Waals surface area contributed by atoms with Crippen molar-refractivity contribution >= 4 is 49.2 Å².